The number of fused-ring (bicyclic) bond motifs is 5. The first-order valence-corrected chi connectivity index (χ1v) is 7.25. The molecule has 2 bridgehead atoms. The van der Waals surface area contributed by atoms with Crippen molar-refractivity contribution < 1.29 is 0 Å². The van der Waals surface area contributed by atoms with Crippen molar-refractivity contribution in [1.82, 2.24) is 14.8 Å². The summed E-state index contributed by atoms with van der Waals surface area (Å²) in [4.78, 5) is 4.58. The molecule has 0 aromatic carbocycles. The molecular formula is C14H14BrN3. The van der Waals surface area contributed by atoms with Crippen LogP contribution in [0.5, 0.6) is 0 Å². The highest BCUT2D eigenvalue weighted by atomic mass is 79.9. The zero-order chi connectivity index (χ0) is 12.3. The van der Waals surface area contributed by atoms with E-state index in [9.17, 15) is 0 Å². The molecule has 2 aliphatic rings. The van der Waals surface area contributed by atoms with Gasteiger partial charge >= 0.3 is 0 Å². The Balaban J connectivity index is 1.89. The molecular weight excluding hydrogens is 290 g/mol. The Bertz CT molecular complexity index is 632. The van der Waals surface area contributed by atoms with E-state index in [1.54, 1.807) is 0 Å². The van der Waals surface area contributed by atoms with Crippen LogP contribution in [0.2, 0.25) is 0 Å². The fourth-order valence-corrected chi connectivity index (χ4v) is 4.13. The number of aryl methyl sites for hydroxylation is 1. The fourth-order valence-electron chi connectivity index (χ4n) is 3.34. The van der Waals surface area contributed by atoms with Crippen molar-refractivity contribution >= 4 is 15.9 Å². The maximum Gasteiger partial charge on any atom is 0.125 e. The summed E-state index contributed by atoms with van der Waals surface area (Å²) in [5.41, 5.74) is 4.41. The van der Waals surface area contributed by atoms with Gasteiger partial charge in [0.15, 0.2) is 0 Å². The number of pyridine rings is 1. The summed E-state index contributed by atoms with van der Waals surface area (Å²) in [5.74, 6) is 0.704. The molecule has 18 heavy (non-hydrogen) atoms. The van der Waals surface area contributed by atoms with E-state index < -0.39 is 0 Å². The van der Waals surface area contributed by atoms with Gasteiger partial charge in [0.25, 0.3) is 0 Å². The van der Waals surface area contributed by atoms with Crippen molar-refractivity contribution in [2.75, 3.05) is 0 Å². The quantitative estimate of drug-likeness (QED) is 0.801. The van der Waals surface area contributed by atoms with E-state index in [0.717, 1.165) is 21.6 Å². The molecule has 0 amide bonds. The molecule has 1 aliphatic heterocycles. The summed E-state index contributed by atoms with van der Waals surface area (Å²) >= 11 is 3.74. The highest BCUT2D eigenvalue weighted by molar-refractivity contribution is 9.10. The van der Waals surface area contributed by atoms with E-state index >= 15 is 0 Å². The lowest BCUT2D eigenvalue weighted by molar-refractivity contribution is 0.477. The van der Waals surface area contributed by atoms with Crippen LogP contribution in [0.1, 0.15) is 42.6 Å². The number of halogens is 1. The van der Waals surface area contributed by atoms with Gasteiger partial charge in [-0.2, -0.15) is 5.10 Å². The SMILES string of the molecule is Cc1cccc(-c2nn3c(c2Br)[C@@H]2CC[C@H]3C2)n1. The number of rotatable bonds is 1. The Hall–Kier alpha value is -1.16. The summed E-state index contributed by atoms with van der Waals surface area (Å²) in [5, 5.41) is 4.79. The monoisotopic (exact) mass is 303 g/mol. The van der Waals surface area contributed by atoms with Gasteiger partial charge < -0.3 is 0 Å². The van der Waals surface area contributed by atoms with Crippen LogP contribution in [0.15, 0.2) is 22.7 Å². The molecule has 0 spiro atoms. The molecule has 3 nitrogen and oxygen atoms in total. The minimum Gasteiger partial charge on any atom is -0.264 e. The number of aromatic nitrogens is 3. The first kappa shape index (κ1) is 10.7. The van der Waals surface area contributed by atoms with Crippen LogP contribution in [0.4, 0.5) is 0 Å². The lowest BCUT2D eigenvalue weighted by Gasteiger charge is -2.12. The first-order chi connectivity index (χ1) is 8.74. The highest BCUT2D eigenvalue weighted by Gasteiger charge is 2.40. The normalized spacial score (nSPS) is 24.6. The molecule has 0 unspecified atom stereocenters. The Morgan fingerprint density at radius 1 is 1.33 bits per heavy atom. The van der Waals surface area contributed by atoms with E-state index in [1.165, 1.54) is 25.0 Å². The molecule has 92 valence electrons. The predicted molar refractivity (Wildman–Crippen MR) is 73.5 cm³/mol. The van der Waals surface area contributed by atoms with Crippen molar-refractivity contribution in [1.29, 1.82) is 0 Å². The van der Waals surface area contributed by atoms with Gasteiger partial charge in [0.05, 0.1) is 21.9 Å². The van der Waals surface area contributed by atoms with Gasteiger partial charge in [-0.3, -0.25) is 9.67 Å². The smallest absolute Gasteiger partial charge is 0.125 e. The third kappa shape index (κ3) is 1.35. The minimum atomic E-state index is 0.625. The standard InChI is InChI=1S/C14H14BrN3/c1-8-3-2-4-11(16-8)13-12(15)14-9-5-6-10(7-9)18(14)17-13/h2-4,9-10H,5-7H2,1H3/t9-,10+/m1/s1. The van der Waals surface area contributed by atoms with Crippen LogP contribution in [0.3, 0.4) is 0 Å². The topological polar surface area (TPSA) is 30.7 Å². The van der Waals surface area contributed by atoms with Gasteiger partial charge in [0, 0.05) is 11.6 Å². The summed E-state index contributed by atoms with van der Waals surface area (Å²) in [7, 11) is 0. The molecule has 4 heteroatoms. The van der Waals surface area contributed by atoms with E-state index in [0.29, 0.717) is 12.0 Å². The van der Waals surface area contributed by atoms with E-state index in [1.807, 2.05) is 25.1 Å². The van der Waals surface area contributed by atoms with Gasteiger partial charge in [0.2, 0.25) is 0 Å². The van der Waals surface area contributed by atoms with Crippen LogP contribution in [-0.2, 0) is 0 Å². The van der Waals surface area contributed by atoms with E-state index in [2.05, 4.69) is 25.6 Å². The van der Waals surface area contributed by atoms with Crippen molar-refractivity contribution in [2.45, 2.75) is 38.1 Å². The van der Waals surface area contributed by atoms with Crippen molar-refractivity contribution in [3.05, 3.63) is 34.1 Å². The van der Waals surface area contributed by atoms with Crippen molar-refractivity contribution in [3.8, 4) is 11.4 Å². The van der Waals surface area contributed by atoms with E-state index in [4.69, 9.17) is 5.10 Å². The lowest BCUT2D eigenvalue weighted by Crippen LogP contribution is -2.07. The molecule has 4 rings (SSSR count). The zero-order valence-corrected chi connectivity index (χ0v) is 11.8. The summed E-state index contributed by atoms with van der Waals surface area (Å²) in [6.45, 7) is 2.02. The average molecular weight is 304 g/mol. The molecule has 2 aromatic rings. The first-order valence-electron chi connectivity index (χ1n) is 6.46. The Kier molecular flexibility index (Phi) is 2.19. The second kappa shape index (κ2) is 3.67. The van der Waals surface area contributed by atoms with E-state index in [-0.39, 0.29) is 0 Å². The van der Waals surface area contributed by atoms with Gasteiger partial charge in [0.1, 0.15) is 5.69 Å². The van der Waals surface area contributed by atoms with Crippen molar-refractivity contribution in [2.24, 2.45) is 0 Å². The molecule has 0 N–H and O–H groups in total. The van der Waals surface area contributed by atoms with Gasteiger partial charge in [-0.05, 0) is 54.2 Å². The summed E-state index contributed by atoms with van der Waals surface area (Å²) in [6.07, 6.45) is 3.88. The molecule has 3 heterocycles. The van der Waals surface area contributed by atoms with Crippen LogP contribution in [0.25, 0.3) is 11.4 Å². The number of hydrogen-bond acceptors (Lipinski definition) is 2. The lowest BCUT2D eigenvalue weighted by atomic mass is 10.0. The third-order valence-corrected chi connectivity index (χ3v) is 4.94. The second-order valence-electron chi connectivity index (χ2n) is 5.32. The van der Waals surface area contributed by atoms with Crippen LogP contribution < -0.4 is 0 Å². The summed E-state index contributed by atoms with van der Waals surface area (Å²) in [6, 6.07) is 6.73. The maximum atomic E-state index is 4.79. The zero-order valence-electron chi connectivity index (χ0n) is 10.2. The van der Waals surface area contributed by atoms with Gasteiger partial charge in [-0.15, -0.1) is 0 Å². The second-order valence-corrected chi connectivity index (χ2v) is 6.11. The Morgan fingerprint density at radius 2 is 2.22 bits per heavy atom. The molecule has 1 saturated carbocycles. The highest BCUT2D eigenvalue weighted by Crippen LogP contribution is 2.52. The van der Waals surface area contributed by atoms with Crippen LogP contribution in [0, 0.1) is 6.92 Å². The minimum absolute atomic E-state index is 0.625. The Labute approximate surface area is 114 Å². The predicted octanol–water partition coefficient (Wildman–Crippen LogP) is 3.84. The third-order valence-electron chi connectivity index (χ3n) is 4.16. The molecule has 0 radical (unpaired) electrons. The average Bonchev–Trinajstić information content (AvgIpc) is 3.02. The van der Waals surface area contributed by atoms with Crippen molar-refractivity contribution in [3.63, 3.8) is 0 Å². The van der Waals surface area contributed by atoms with Gasteiger partial charge in [-0.25, -0.2) is 0 Å². The van der Waals surface area contributed by atoms with Crippen LogP contribution in [-0.4, -0.2) is 14.8 Å². The number of nitrogens with zero attached hydrogens (tertiary/aromatic N) is 3. The maximum absolute atomic E-state index is 4.79. The molecule has 2 aromatic heterocycles. The van der Waals surface area contributed by atoms with Crippen LogP contribution >= 0.6 is 15.9 Å². The largest absolute Gasteiger partial charge is 0.264 e. The Morgan fingerprint density at radius 3 is 3.00 bits per heavy atom. The molecule has 1 fully saturated rings. The number of hydrogen-bond donors (Lipinski definition) is 0. The molecule has 1 aliphatic carbocycles. The molecule has 2 atom stereocenters. The fraction of sp³-hybridized carbons (Fsp3) is 0.429. The summed E-state index contributed by atoms with van der Waals surface area (Å²) < 4.78 is 3.39. The van der Waals surface area contributed by atoms with Gasteiger partial charge in [-0.1, -0.05) is 6.07 Å². The molecule has 0 saturated heterocycles.